The number of carbonyl (C=O) groups excluding carboxylic acids is 1. The smallest absolute Gasteiger partial charge is 0.358 e. The van der Waals surface area contributed by atoms with Gasteiger partial charge in [0.15, 0.2) is 5.69 Å². The van der Waals surface area contributed by atoms with Crippen molar-refractivity contribution >= 4 is 17.6 Å². The third-order valence-electron chi connectivity index (χ3n) is 3.04. The number of ether oxygens (including phenoxy) is 1. The summed E-state index contributed by atoms with van der Waals surface area (Å²) >= 11 is 0. The van der Waals surface area contributed by atoms with Gasteiger partial charge in [-0.25, -0.2) is 9.48 Å². The van der Waals surface area contributed by atoms with Crippen LogP contribution >= 0.6 is 0 Å². The maximum atomic E-state index is 12.0. The maximum Gasteiger partial charge on any atom is 0.358 e. The number of anilines is 1. The Labute approximate surface area is 126 Å². The molecule has 0 radical (unpaired) electrons. The molecule has 8 heteroatoms. The zero-order chi connectivity index (χ0) is 16.1. The van der Waals surface area contributed by atoms with Crippen LogP contribution in [0.15, 0.2) is 30.5 Å². The zero-order valence-corrected chi connectivity index (χ0v) is 12.2. The van der Waals surface area contributed by atoms with Crippen LogP contribution < -0.4 is 5.32 Å². The van der Waals surface area contributed by atoms with Gasteiger partial charge in [0.2, 0.25) is 0 Å². The fourth-order valence-corrected chi connectivity index (χ4v) is 1.90. The number of benzene rings is 1. The number of hydrogen-bond acceptors (Lipinski definition) is 5. The van der Waals surface area contributed by atoms with E-state index in [9.17, 15) is 9.59 Å². The third-order valence-corrected chi connectivity index (χ3v) is 3.04. The lowest BCUT2D eigenvalue weighted by atomic mass is 10.2. The highest BCUT2D eigenvalue weighted by Crippen LogP contribution is 2.15. The Bertz CT molecular complexity index is 679. The summed E-state index contributed by atoms with van der Waals surface area (Å²) in [4.78, 5) is 22.8. The third kappa shape index (κ3) is 3.47. The largest absolute Gasteiger partial charge is 0.476 e. The van der Waals surface area contributed by atoms with Gasteiger partial charge in [-0.15, -0.1) is 5.10 Å². The lowest BCUT2D eigenvalue weighted by Crippen LogP contribution is -2.28. The lowest BCUT2D eigenvalue weighted by Gasteiger charge is -2.13. The molecule has 0 aliphatic carbocycles. The second-order valence-electron chi connectivity index (χ2n) is 4.53. The highest BCUT2D eigenvalue weighted by Gasteiger charge is 2.15. The summed E-state index contributed by atoms with van der Waals surface area (Å²) in [6.07, 6.45) is 1.34. The monoisotopic (exact) mass is 304 g/mol. The quantitative estimate of drug-likeness (QED) is 0.834. The summed E-state index contributed by atoms with van der Waals surface area (Å²) in [5, 5.41) is 18.9. The number of carbonyl (C=O) groups is 2. The second-order valence-corrected chi connectivity index (χ2v) is 4.53. The van der Waals surface area contributed by atoms with Gasteiger partial charge in [0, 0.05) is 12.8 Å². The number of nitrogens with zero attached hydrogens (tertiary/aromatic N) is 3. The minimum Gasteiger partial charge on any atom is -0.476 e. The Hall–Kier alpha value is -2.74. The second kappa shape index (κ2) is 6.81. The van der Waals surface area contributed by atoms with Gasteiger partial charge in [-0.1, -0.05) is 18.2 Å². The Morgan fingerprint density at radius 3 is 2.82 bits per heavy atom. The van der Waals surface area contributed by atoms with Crippen molar-refractivity contribution in [2.24, 2.45) is 0 Å². The van der Waals surface area contributed by atoms with Gasteiger partial charge in [-0.2, -0.15) is 0 Å². The SMILES string of the molecule is CCC(OC)C(=O)Nc1cccc(-n2cc(C(=O)O)nn2)c1. The Morgan fingerprint density at radius 2 is 2.23 bits per heavy atom. The summed E-state index contributed by atoms with van der Waals surface area (Å²) < 4.78 is 6.40. The number of carboxylic acids is 1. The molecule has 0 saturated heterocycles. The first-order valence-corrected chi connectivity index (χ1v) is 6.65. The van der Waals surface area contributed by atoms with Crippen LogP contribution in [-0.2, 0) is 9.53 Å². The number of hydrogen-bond donors (Lipinski definition) is 2. The maximum absolute atomic E-state index is 12.0. The van der Waals surface area contributed by atoms with Gasteiger partial charge in [0.05, 0.1) is 11.9 Å². The Balaban J connectivity index is 2.19. The zero-order valence-electron chi connectivity index (χ0n) is 12.2. The number of rotatable bonds is 6. The van der Waals surface area contributed by atoms with Crippen molar-refractivity contribution in [2.75, 3.05) is 12.4 Å². The molecular weight excluding hydrogens is 288 g/mol. The normalized spacial score (nSPS) is 11.9. The number of nitrogens with one attached hydrogen (secondary N) is 1. The van der Waals surface area contributed by atoms with Gasteiger partial charge in [-0.3, -0.25) is 4.79 Å². The van der Waals surface area contributed by atoms with E-state index in [1.165, 1.54) is 18.0 Å². The van der Waals surface area contributed by atoms with Gasteiger partial charge in [0.1, 0.15) is 6.10 Å². The minimum atomic E-state index is -1.15. The van der Waals surface area contributed by atoms with E-state index in [2.05, 4.69) is 15.6 Å². The molecular formula is C14H16N4O4. The number of methoxy groups -OCH3 is 1. The van der Waals surface area contributed by atoms with Crippen LogP contribution in [0.25, 0.3) is 5.69 Å². The van der Waals surface area contributed by atoms with Crippen molar-refractivity contribution in [2.45, 2.75) is 19.4 Å². The first-order chi connectivity index (χ1) is 10.5. The van der Waals surface area contributed by atoms with Crippen LogP contribution in [0.4, 0.5) is 5.69 Å². The molecule has 0 aliphatic rings. The van der Waals surface area contributed by atoms with Gasteiger partial charge in [0.25, 0.3) is 5.91 Å². The summed E-state index contributed by atoms with van der Waals surface area (Å²) in [7, 11) is 1.48. The topological polar surface area (TPSA) is 106 Å². The molecule has 116 valence electrons. The molecule has 22 heavy (non-hydrogen) atoms. The summed E-state index contributed by atoms with van der Waals surface area (Å²) in [5.74, 6) is -1.39. The fourth-order valence-electron chi connectivity index (χ4n) is 1.90. The molecule has 0 saturated carbocycles. The predicted molar refractivity (Wildman–Crippen MR) is 78.0 cm³/mol. The van der Waals surface area contributed by atoms with Crippen molar-refractivity contribution in [3.05, 3.63) is 36.2 Å². The van der Waals surface area contributed by atoms with Crippen molar-refractivity contribution in [3.8, 4) is 5.69 Å². The van der Waals surface area contributed by atoms with E-state index in [4.69, 9.17) is 9.84 Å². The molecule has 1 aromatic heterocycles. The van der Waals surface area contributed by atoms with E-state index in [0.29, 0.717) is 17.8 Å². The molecule has 8 nitrogen and oxygen atoms in total. The molecule has 1 aromatic carbocycles. The highest BCUT2D eigenvalue weighted by atomic mass is 16.5. The van der Waals surface area contributed by atoms with Crippen molar-refractivity contribution in [1.82, 2.24) is 15.0 Å². The van der Waals surface area contributed by atoms with Crippen LogP contribution in [0.5, 0.6) is 0 Å². The highest BCUT2D eigenvalue weighted by molar-refractivity contribution is 5.94. The van der Waals surface area contributed by atoms with E-state index >= 15 is 0 Å². The summed E-state index contributed by atoms with van der Waals surface area (Å²) in [6.45, 7) is 1.85. The van der Waals surface area contributed by atoms with Crippen molar-refractivity contribution in [1.29, 1.82) is 0 Å². The van der Waals surface area contributed by atoms with Crippen molar-refractivity contribution < 1.29 is 19.4 Å². The molecule has 1 unspecified atom stereocenters. The Kier molecular flexibility index (Phi) is 4.84. The molecule has 1 amide bonds. The molecule has 0 fully saturated rings. The van der Waals surface area contributed by atoms with Gasteiger partial charge >= 0.3 is 5.97 Å². The molecule has 2 N–H and O–H groups in total. The predicted octanol–water partition coefficient (Wildman–Crippen LogP) is 1.33. The molecule has 2 rings (SSSR count). The average Bonchev–Trinajstić information content (AvgIpc) is 2.99. The van der Waals surface area contributed by atoms with Gasteiger partial charge in [-0.05, 0) is 24.6 Å². The van der Waals surface area contributed by atoms with E-state index < -0.39 is 12.1 Å². The first kappa shape index (κ1) is 15.6. The van der Waals surface area contributed by atoms with Crippen LogP contribution in [0.1, 0.15) is 23.8 Å². The van der Waals surface area contributed by atoms with E-state index in [-0.39, 0.29) is 11.6 Å². The van der Waals surface area contributed by atoms with Crippen molar-refractivity contribution in [3.63, 3.8) is 0 Å². The number of amides is 1. The van der Waals surface area contributed by atoms with Crippen LogP contribution in [0.2, 0.25) is 0 Å². The van der Waals surface area contributed by atoms with Crippen LogP contribution in [0.3, 0.4) is 0 Å². The number of aromatic nitrogens is 3. The molecule has 1 heterocycles. The first-order valence-electron chi connectivity index (χ1n) is 6.65. The molecule has 0 bridgehead atoms. The van der Waals surface area contributed by atoms with Gasteiger partial charge < -0.3 is 15.2 Å². The van der Waals surface area contributed by atoms with E-state index in [1.54, 1.807) is 24.3 Å². The van der Waals surface area contributed by atoms with E-state index in [0.717, 1.165) is 0 Å². The Morgan fingerprint density at radius 1 is 1.45 bits per heavy atom. The molecule has 1 atom stereocenters. The lowest BCUT2D eigenvalue weighted by molar-refractivity contribution is -0.125. The molecule has 0 aliphatic heterocycles. The summed E-state index contributed by atoms with van der Waals surface area (Å²) in [5.41, 5.74) is 0.994. The minimum absolute atomic E-state index is 0.153. The fraction of sp³-hybridized carbons (Fsp3) is 0.286. The molecule has 2 aromatic rings. The standard InChI is InChI=1S/C14H16N4O4/c1-3-12(22-2)13(19)15-9-5-4-6-10(7-9)18-8-11(14(20)21)16-17-18/h4-8,12H,3H2,1-2H3,(H,15,19)(H,20,21). The van der Waals surface area contributed by atoms with E-state index in [1.807, 2.05) is 6.92 Å². The molecule has 0 spiro atoms. The number of aromatic carboxylic acids is 1. The summed E-state index contributed by atoms with van der Waals surface area (Å²) in [6, 6.07) is 6.84. The average molecular weight is 304 g/mol. The van der Waals surface area contributed by atoms with Crippen LogP contribution in [0, 0.1) is 0 Å². The number of carboxylic acid groups (broad SMARTS) is 1. The van der Waals surface area contributed by atoms with Crippen LogP contribution in [-0.4, -0.2) is 45.2 Å².